The fraction of sp³-hybridized carbons (Fsp3) is 0.391. The van der Waals surface area contributed by atoms with E-state index in [-0.39, 0.29) is 17.3 Å². The van der Waals surface area contributed by atoms with E-state index in [0.29, 0.717) is 30.1 Å². The normalized spacial score (nSPS) is 14.4. The Balaban J connectivity index is 1.68. The number of hydrogen-bond acceptors (Lipinski definition) is 8. The van der Waals surface area contributed by atoms with Crippen LogP contribution in [0.3, 0.4) is 0 Å². The van der Waals surface area contributed by atoms with Gasteiger partial charge in [0, 0.05) is 42.4 Å². The summed E-state index contributed by atoms with van der Waals surface area (Å²) >= 11 is 6.06. The number of fused-ring (bicyclic) bond motifs is 1. The molecule has 3 heterocycles. The predicted octanol–water partition coefficient (Wildman–Crippen LogP) is 4.81. The Morgan fingerprint density at radius 1 is 1.18 bits per heavy atom. The van der Waals surface area contributed by atoms with Gasteiger partial charge in [0.2, 0.25) is 5.95 Å². The zero-order chi connectivity index (χ0) is 23.8. The maximum atomic E-state index is 13.5. The Kier molecular flexibility index (Phi) is 6.25. The SMILES string of the molecule is CNc1nc(NCN(c2cc(Cl)ncn2)C(C)C)nc2c1C(C)(C)CN2c1ccc(F)cc1. The minimum Gasteiger partial charge on any atom is -0.373 e. The molecule has 10 heteroatoms. The van der Waals surface area contributed by atoms with Crippen LogP contribution in [-0.2, 0) is 5.41 Å². The zero-order valence-electron chi connectivity index (χ0n) is 19.4. The van der Waals surface area contributed by atoms with Crippen LogP contribution in [0.5, 0.6) is 0 Å². The number of hydrogen-bond donors (Lipinski definition) is 2. The smallest absolute Gasteiger partial charge is 0.228 e. The van der Waals surface area contributed by atoms with E-state index < -0.39 is 0 Å². The molecule has 0 saturated carbocycles. The number of nitrogens with one attached hydrogen (secondary N) is 2. The number of anilines is 5. The third-order valence-corrected chi connectivity index (χ3v) is 5.90. The molecule has 174 valence electrons. The lowest BCUT2D eigenvalue weighted by Crippen LogP contribution is -2.36. The summed E-state index contributed by atoms with van der Waals surface area (Å²) in [6.45, 7) is 9.58. The average molecular weight is 471 g/mol. The number of rotatable bonds is 7. The van der Waals surface area contributed by atoms with E-state index in [0.717, 1.165) is 22.9 Å². The third kappa shape index (κ3) is 4.64. The second-order valence-electron chi connectivity index (χ2n) is 8.89. The highest BCUT2D eigenvalue weighted by Gasteiger charge is 2.40. The molecule has 4 rings (SSSR count). The van der Waals surface area contributed by atoms with Gasteiger partial charge in [-0.3, -0.25) is 0 Å². The molecule has 0 saturated heterocycles. The molecule has 0 fully saturated rings. The lowest BCUT2D eigenvalue weighted by Gasteiger charge is -2.28. The van der Waals surface area contributed by atoms with Crippen LogP contribution in [0.1, 0.15) is 33.3 Å². The van der Waals surface area contributed by atoms with Gasteiger partial charge in [-0.25, -0.2) is 14.4 Å². The number of halogens is 2. The topological polar surface area (TPSA) is 82.1 Å². The summed E-state index contributed by atoms with van der Waals surface area (Å²) in [5.41, 5.74) is 1.72. The molecule has 0 spiro atoms. The van der Waals surface area contributed by atoms with Crippen molar-refractivity contribution in [2.24, 2.45) is 0 Å². The van der Waals surface area contributed by atoms with Crippen LogP contribution >= 0.6 is 11.6 Å². The molecular weight excluding hydrogens is 443 g/mol. The van der Waals surface area contributed by atoms with Gasteiger partial charge in [-0.1, -0.05) is 25.4 Å². The maximum Gasteiger partial charge on any atom is 0.228 e. The summed E-state index contributed by atoms with van der Waals surface area (Å²) < 4.78 is 13.5. The first-order chi connectivity index (χ1) is 15.7. The standard InChI is InChI=1S/C23H28ClFN8/c1-14(2)33(18-10-17(24)27-12-28-18)13-29-22-30-20(26-5)19-21(31-22)32(11-23(19,3)4)16-8-6-15(25)7-9-16/h6-10,12,14H,11,13H2,1-5H3,(H2,26,29,30,31). The van der Waals surface area contributed by atoms with Gasteiger partial charge in [0.1, 0.15) is 34.8 Å². The van der Waals surface area contributed by atoms with E-state index in [9.17, 15) is 4.39 Å². The highest BCUT2D eigenvalue weighted by molar-refractivity contribution is 6.29. The molecule has 0 aliphatic carbocycles. The molecule has 0 atom stereocenters. The van der Waals surface area contributed by atoms with Crippen molar-refractivity contribution in [2.45, 2.75) is 39.2 Å². The first-order valence-corrected chi connectivity index (χ1v) is 11.2. The summed E-state index contributed by atoms with van der Waals surface area (Å²) in [5, 5.41) is 6.94. The van der Waals surface area contributed by atoms with Crippen molar-refractivity contribution in [3.63, 3.8) is 0 Å². The Labute approximate surface area is 198 Å². The van der Waals surface area contributed by atoms with Crippen molar-refractivity contribution >= 4 is 40.7 Å². The fourth-order valence-electron chi connectivity index (χ4n) is 4.08. The quantitative estimate of drug-likeness (QED) is 0.376. The Morgan fingerprint density at radius 2 is 1.91 bits per heavy atom. The fourth-order valence-corrected chi connectivity index (χ4v) is 4.22. The van der Waals surface area contributed by atoms with Crippen LogP contribution < -0.4 is 20.4 Å². The molecule has 0 amide bonds. The number of aromatic nitrogens is 4. The van der Waals surface area contributed by atoms with Crippen molar-refractivity contribution in [1.29, 1.82) is 0 Å². The van der Waals surface area contributed by atoms with E-state index in [2.05, 4.69) is 53.2 Å². The van der Waals surface area contributed by atoms with E-state index in [1.54, 1.807) is 18.2 Å². The summed E-state index contributed by atoms with van der Waals surface area (Å²) in [4.78, 5) is 22.1. The van der Waals surface area contributed by atoms with Gasteiger partial charge in [0.15, 0.2) is 0 Å². The van der Waals surface area contributed by atoms with Gasteiger partial charge < -0.3 is 20.4 Å². The molecule has 1 aliphatic rings. The van der Waals surface area contributed by atoms with E-state index in [1.165, 1.54) is 18.5 Å². The minimum absolute atomic E-state index is 0.149. The van der Waals surface area contributed by atoms with Crippen molar-refractivity contribution in [3.8, 4) is 0 Å². The van der Waals surface area contributed by atoms with Gasteiger partial charge in [-0.15, -0.1) is 0 Å². The summed E-state index contributed by atoms with van der Waals surface area (Å²) in [6.07, 6.45) is 1.45. The highest BCUT2D eigenvalue weighted by atomic mass is 35.5. The molecule has 0 radical (unpaired) electrons. The monoisotopic (exact) mass is 470 g/mol. The predicted molar refractivity (Wildman–Crippen MR) is 131 cm³/mol. The lowest BCUT2D eigenvalue weighted by molar-refractivity contribution is 0.569. The first kappa shape index (κ1) is 23.0. The molecule has 3 aromatic rings. The van der Waals surface area contributed by atoms with Crippen LogP contribution in [0.25, 0.3) is 0 Å². The van der Waals surface area contributed by atoms with Gasteiger partial charge >= 0.3 is 0 Å². The molecule has 8 nitrogen and oxygen atoms in total. The Hall–Kier alpha value is -3.20. The molecule has 33 heavy (non-hydrogen) atoms. The van der Waals surface area contributed by atoms with Crippen molar-refractivity contribution < 1.29 is 4.39 Å². The van der Waals surface area contributed by atoms with Crippen LogP contribution in [0.15, 0.2) is 36.7 Å². The number of nitrogens with zero attached hydrogens (tertiary/aromatic N) is 6. The molecule has 0 unspecified atom stereocenters. The second-order valence-corrected chi connectivity index (χ2v) is 9.28. The molecule has 1 aromatic carbocycles. The van der Waals surface area contributed by atoms with Crippen molar-refractivity contribution in [1.82, 2.24) is 19.9 Å². The Morgan fingerprint density at radius 3 is 2.55 bits per heavy atom. The van der Waals surface area contributed by atoms with Crippen LogP contribution in [-0.4, -0.2) is 46.2 Å². The molecule has 0 bridgehead atoms. The van der Waals surface area contributed by atoms with E-state index in [1.807, 2.05) is 11.9 Å². The zero-order valence-corrected chi connectivity index (χ0v) is 20.2. The second kappa shape index (κ2) is 8.97. The average Bonchev–Trinajstić information content (AvgIpc) is 3.04. The summed E-state index contributed by atoms with van der Waals surface area (Å²) in [5.74, 6) is 2.49. The van der Waals surface area contributed by atoms with Crippen LogP contribution in [0.2, 0.25) is 5.15 Å². The molecule has 1 aliphatic heterocycles. The van der Waals surface area contributed by atoms with Crippen molar-refractivity contribution in [2.75, 3.05) is 40.7 Å². The van der Waals surface area contributed by atoms with Gasteiger partial charge in [-0.2, -0.15) is 9.97 Å². The molecular formula is C23H28ClFN8. The van der Waals surface area contributed by atoms with Gasteiger partial charge in [-0.05, 0) is 38.1 Å². The molecule has 2 aromatic heterocycles. The van der Waals surface area contributed by atoms with Gasteiger partial charge in [0.25, 0.3) is 0 Å². The van der Waals surface area contributed by atoms with Crippen LogP contribution in [0, 0.1) is 5.82 Å². The van der Waals surface area contributed by atoms with E-state index >= 15 is 0 Å². The summed E-state index contributed by atoms with van der Waals surface area (Å²) in [7, 11) is 1.85. The largest absolute Gasteiger partial charge is 0.373 e. The third-order valence-electron chi connectivity index (χ3n) is 5.70. The lowest BCUT2D eigenvalue weighted by atomic mass is 9.88. The minimum atomic E-state index is -0.267. The van der Waals surface area contributed by atoms with Crippen molar-refractivity contribution in [3.05, 3.63) is 53.2 Å². The maximum absolute atomic E-state index is 13.5. The summed E-state index contributed by atoms with van der Waals surface area (Å²) in [6, 6.07) is 8.35. The van der Waals surface area contributed by atoms with Gasteiger partial charge in [0.05, 0.1) is 6.67 Å². The molecule has 2 N–H and O–H groups in total. The Bertz CT molecular complexity index is 1140. The number of benzene rings is 1. The van der Waals surface area contributed by atoms with E-state index in [4.69, 9.17) is 21.6 Å². The first-order valence-electron chi connectivity index (χ1n) is 10.8. The highest BCUT2D eigenvalue weighted by Crippen LogP contribution is 2.46. The van der Waals surface area contributed by atoms with Crippen LogP contribution in [0.4, 0.5) is 33.5 Å².